The van der Waals surface area contributed by atoms with Gasteiger partial charge in [0.15, 0.2) is 14.1 Å². The molecule has 5 rings (SSSR count). The topological polar surface area (TPSA) is 47.9 Å². The average molecular weight is 517 g/mol. The van der Waals surface area contributed by atoms with Gasteiger partial charge in [-0.2, -0.15) is 0 Å². The van der Waals surface area contributed by atoms with Gasteiger partial charge >= 0.3 is 0 Å². The molecule has 4 nitrogen and oxygen atoms in total. The van der Waals surface area contributed by atoms with Gasteiger partial charge in [0.05, 0.1) is 12.2 Å². The first-order chi connectivity index (χ1) is 16.5. The molecule has 0 aromatic rings. The summed E-state index contributed by atoms with van der Waals surface area (Å²) in [6, 6.07) is 0. The first-order valence-corrected chi connectivity index (χ1v) is 17.6. The zero-order valence-corrected chi connectivity index (χ0v) is 25.7. The first kappa shape index (κ1) is 27.2. The molecule has 5 fully saturated rings. The monoisotopic (exact) mass is 516 g/mol. The molecule has 4 unspecified atom stereocenters. The molecule has 1 aliphatic heterocycles. The smallest absolute Gasteiger partial charge is 0.192 e. The lowest BCUT2D eigenvalue weighted by Gasteiger charge is -2.64. The molecule has 0 radical (unpaired) electrons. The van der Waals surface area contributed by atoms with E-state index in [1.807, 2.05) is 6.92 Å². The van der Waals surface area contributed by atoms with Gasteiger partial charge < -0.3 is 19.0 Å². The van der Waals surface area contributed by atoms with Crippen LogP contribution in [0, 0.1) is 46.3 Å². The highest BCUT2D eigenvalue weighted by Crippen LogP contribution is 2.70. The predicted molar refractivity (Wildman–Crippen MR) is 147 cm³/mol. The number of aliphatic hydroxyl groups is 1. The fourth-order valence-electron chi connectivity index (χ4n) is 9.28. The van der Waals surface area contributed by atoms with Gasteiger partial charge in [-0.15, -0.1) is 5.92 Å². The molecule has 0 aromatic carbocycles. The van der Waals surface area contributed by atoms with E-state index in [0.29, 0.717) is 29.8 Å². The van der Waals surface area contributed by atoms with Gasteiger partial charge in [-0.1, -0.05) is 40.5 Å². The summed E-state index contributed by atoms with van der Waals surface area (Å²) in [4.78, 5) is 0. The highest BCUT2D eigenvalue weighted by Gasteiger charge is 2.70. The van der Waals surface area contributed by atoms with Gasteiger partial charge in [-0.25, -0.2) is 0 Å². The van der Waals surface area contributed by atoms with Crippen LogP contribution in [0.4, 0.5) is 0 Å². The van der Waals surface area contributed by atoms with Crippen molar-refractivity contribution in [2.45, 2.75) is 148 Å². The van der Waals surface area contributed by atoms with Crippen molar-refractivity contribution in [2.75, 3.05) is 0 Å². The largest absolute Gasteiger partial charge is 0.414 e. The summed E-state index contributed by atoms with van der Waals surface area (Å²) in [5, 5.41) is 11.9. The van der Waals surface area contributed by atoms with Gasteiger partial charge in [0, 0.05) is 11.5 Å². The van der Waals surface area contributed by atoms with E-state index in [9.17, 15) is 5.11 Å². The van der Waals surface area contributed by atoms with E-state index >= 15 is 0 Å². The van der Waals surface area contributed by atoms with Crippen molar-refractivity contribution in [1.29, 1.82) is 0 Å². The van der Waals surface area contributed by atoms with Crippen LogP contribution in [0.1, 0.15) is 100 Å². The molecule has 204 valence electrons. The van der Waals surface area contributed by atoms with Crippen molar-refractivity contribution in [2.24, 2.45) is 34.5 Å². The van der Waals surface area contributed by atoms with Crippen LogP contribution < -0.4 is 0 Å². The van der Waals surface area contributed by atoms with E-state index in [-0.39, 0.29) is 28.1 Å². The lowest BCUT2D eigenvalue weighted by molar-refractivity contribution is -0.197. The molecule has 1 saturated heterocycles. The number of hydrogen-bond acceptors (Lipinski definition) is 4. The quantitative estimate of drug-likeness (QED) is 0.320. The maximum atomic E-state index is 11.7. The molecule has 1 heterocycles. The van der Waals surface area contributed by atoms with Crippen LogP contribution >= 0.6 is 0 Å². The number of fused-ring (bicyclic) bond motifs is 8. The SMILES string of the molecule is CC#C[C@]1(O)CCC2C3C(CC[C@@]21C)[C@@]1(C)CC[C@@H](O[Si](C)(C)C(C)(C)C)CC1[C@H]1OC(C)(C)O[C@H]31. The Labute approximate surface area is 221 Å². The summed E-state index contributed by atoms with van der Waals surface area (Å²) in [6.07, 6.45) is 7.97. The molecular formula is C31H52O4Si. The van der Waals surface area contributed by atoms with Gasteiger partial charge in [0.1, 0.15) is 5.60 Å². The molecular weight excluding hydrogens is 464 g/mol. The van der Waals surface area contributed by atoms with E-state index in [1.165, 1.54) is 6.42 Å². The molecule has 5 aliphatic rings. The minimum Gasteiger partial charge on any atom is -0.414 e. The Hall–Kier alpha value is -0.383. The van der Waals surface area contributed by atoms with Crippen LogP contribution in [-0.4, -0.2) is 43.1 Å². The van der Waals surface area contributed by atoms with E-state index < -0.39 is 19.7 Å². The fourth-order valence-corrected chi connectivity index (χ4v) is 10.7. The average Bonchev–Trinajstić information content (AvgIpc) is 3.21. The highest BCUT2D eigenvalue weighted by atomic mass is 28.4. The van der Waals surface area contributed by atoms with Crippen LogP contribution in [0.15, 0.2) is 0 Å². The van der Waals surface area contributed by atoms with Crippen molar-refractivity contribution in [1.82, 2.24) is 0 Å². The van der Waals surface area contributed by atoms with Gasteiger partial charge in [-0.3, -0.25) is 0 Å². The molecule has 4 saturated carbocycles. The molecule has 0 spiro atoms. The van der Waals surface area contributed by atoms with Crippen molar-refractivity contribution >= 4 is 8.32 Å². The molecule has 0 bridgehead atoms. The summed E-state index contributed by atoms with van der Waals surface area (Å²) in [5.74, 6) is 7.65. The molecule has 0 amide bonds. The Balaban J connectivity index is 1.49. The van der Waals surface area contributed by atoms with Crippen molar-refractivity contribution in [3.8, 4) is 11.8 Å². The van der Waals surface area contributed by atoms with E-state index in [4.69, 9.17) is 13.9 Å². The summed E-state index contributed by atoms with van der Waals surface area (Å²) >= 11 is 0. The van der Waals surface area contributed by atoms with Crippen LogP contribution in [0.25, 0.3) is 0 Å². The third-order valence-electron chi connectivity index (χ3n) is 12.2. The second kappa shape index (κ2) is 8.31. The Kier molecular flexibility index (Phi) is 6.28. The van der Waals surface area contributed by atoms with E-state index in [1.54, 1.807) is 0 Å². The predicted octanol–water partition coefficient (Wildman–Crippen LogP) is 6.91. The fraction of sp³-hybridized carbons (Fsp3) is 0.935. The van der Waals surface area contributed by atoms with Crippen molar-refractivity contribution < 1.29 is 19.0 Å². The number of ether oxygens (including phenoxy) is 2. The van der Waals surface area contributed by atoms with Gasteiger partial charge in [-0.05, 0) is 113 Å². The van der Waals surface area contributed by atoms with Crippen molar-refractivity contribution in [3.05, 3.63) is 0 Å². The van der Waals surface area contributed by atoms with Crippen LogP contribution in [0.3, 0.4) is 0 Å². The van der Waals surface area contributed by atoms with E-state index in [0.717, 1.165) is 38.5 Å². The summed E-state index contributed by atoms with van der Waals surface area (Å²) in [6.45, 7) is 22.8. The molecule has 0 aromatic heterocycles. The number of rotatable bonds is 2. The van der Waals surface area contributed by atoms with Gasteiger partial charge in [0.25, 0.3) is 0 Å². The van der Waals surface area contributed by atoms with Crippen molar-refractivity contribution in [3.63, 3.8) is 0 Å². The highest BCUT2D eigenvalue weighted by molar-refractivity contribution is 6.74. The Morgan fingerprint density at radius 1 is 0.889 bits per heavy atom. The lowest BCUT2D eigenvalue weighted by atomic mass is 9.43. The van der Waals surface area contributed by atoms with E-state index in [2.05, 4.69) is 73.4 Å². The molecule has 10 atom stereocenters. The maximum Gasteiger partial charge on any atom is 0.192 e. The third-order valence-corrected chi connectivity index (χ3v) is 16.8. The summed E-state index contributed by atoms with van der Waals surface area (Å²) in [5.41, 5.74) is -0.834. The maximum absolute atomic E-state index is 11.7. The molecule has 1 N–H and O–H groups in total. The van der Waals surface area contributed by atoms with Gasteiger partial charge in [0.2, 0.25) is 0 Å². The van der Waals surface area contributed by atoms with Crippen LogP contribution in [0.5, 0.6) is 0 Å². The minimum absolute atomic E-state index is 0.0938. The summed E-state index contributed by atoms with van der Waals surface area (Å²) in [7, 11) is -1.83. The second-order valence-electron chi connectivity index (χ2n) is 15.5. The zero-order valence-electron chi connectivity index (χ0n) is 24.7. The second-order valence-corrected chi connectivity index (χ2v) is 20.2. The lowest BCUT2D eigenvalue weighted by Crippen LogP contribution is -2.64. The Morgan fingerprint density at radius 2 is 1.53 bits per heavy atom. The molecule has 4 aliphatic carbocycles. The minimum atomic E-state index is -1.83. The zero-order chi connectivity index (χ0) is 26.5. The van der Waals surface area contributed by atoms with Crippen LogP contribution in [-0.2, 0) is 13.9 Å². The molecule has 5 heteroatoms. The molecule has 36 heavy (non-hydrogen) atoms. The standard InChI is InChI=1S/C31H52O4Si/c1-11-15-31(32)18-14-22-24-21(13-17-30(22,31)8)29(7)16-12-20(35-36(9,10)27(2,3)4)19-23(29)25-26(24)34-28(5,6)33-25/h20-26,32H,12-14,16-19H2,1-10H3/t20-,21?,22?,23?,24?,25-,26-,29-,30+,31+/m1/s1. The summed E-state index contributed by atoms with van der Waals surface area (Å²) < 4.78 is 20.6. The Morgan fingerprint density at radius 3 is 2.17 bits per heavy atom. The normalized spacial score (nSPS) is 49.8. The third kappa shape index (κ3) is 3.83. The Bertz CT molecular complexity index is 942. The van der Waals surface area contributed by atoms with Crippen LogP contribution in [0.2, 0.25) is 18.1 Å². The number of hydrogen-bond donors (Lipinski definition) is 1. The first-order valence-electron chi connectivity index (χ1n) is 14.7.